The summed E-state index contributed by atoms with van der Waals surface area (Å²) in [6, 6.07) is 0.0856. The quantitative estimate of drug-likeness (QED) is 0.566. The fourth-order valence-electron chi connectivity index (χ4n) is 1.50. The molecule has 3 heteroatoms. The first kappa shape index (κ1) is 8.35. The zero-order valence-corrected chi connectivity index (χ0v) is 6.66. The lowest BCUT2D eigenvalue weighted by molar-refractivity contribution is 0.171. The number of aliphatic hydroxyl groups is 1. The zero-order chi connectivity index (χ0) is 8.10. The Labute approximate surface area is 67.2 Å². The number of aliphatic hydroxyl groups excluding tert-OH is 1. The number of rotatable bonds is 1. The van der Waals surface area contributed by atoms with Crippen LogP contribution in [-0.4, -0.2) is 29.2 Å². The second-order valence-electron chi connectivity index (χ2n) is 2.98. The molecule has 1 aliphatic rings. The van der Waals surface area contributed by atoms with Gasteiger partial charge in [0, 0.05) is 6.54 Å². The van der Waals surface area contributed by atoms with Gasteiger partial charge in [0.2, 0.25) is 0 Å². The summed E-state index contributed by atoms with van der Waals surface area (Å²) < 4.78 is 0. The molecular weight excluding hydrogens is 140 g/mol. The minimum atomic E-state index is 0.0856. The smallest absolute Gasteiger partial charge is 0.179 e. The summed E-state index contributed by atoms with van der Waals surface area (Å²) in [4.78, 5) is 1.70. The molecule has 11 heavy (non-hydrogen) atoms. The topological polar surface area (TPSA) is 47.3 Å². The fraction of sp³-hybridized carbons (Fsp3) is 0.875. The first-order chi connectivity index (χ1) is 5.38. The van der Waals surface area contributed by atoms with Crippen molar-refractivity contribution in [2.45, 2.75) is 31.7 Å². The summed E-state index contributed by atoms with van der Waals surface area (Å²) in [6.45, 7) is 0.940. The predicted molar refractivity (Wildman–Crippen MR) is 41.7 cm³/mol. The Hall–Kier alpha value is -0.750. The largest absolute Gasteiger partial charge is 0.394 e. The minimum Gasteiger partial charge on any atom is -0.394 e. The van der Waals surface area contributed by atoms with E-state index in [0.717, 1.165) is 25.8 Å². The highest BCUT2D eigenvalue weighted by Gasteiger charge is 2.17. The summed E-state index contributed by atoms with van der Waals surface area (Å²) in [5.74, 6) is 0. The van der Waals surface area contributed by atoms with Crippen molar-refractivity contribution in [2.24, 2.45) is 0 Å². The molecule has 1 N–H and O–H groups in total. The van der Waals surface area contributed by atoms with Crippen molar-refractivity contribution in [1.29, 1.82) is 5.26 Å². The van der Waals surface area contributed by atoms with Crippen LogP contribution in [0, 0.1) is 11.5 Å². The predicted octanol–water partition coefficient (Wildman–Crippen LogP) is 0.704. The number of hydrogen-bond acceptors (Lipinski definition) is 3. The molecule has 0 aromatic rings. The molecule has 1 fully saturated rings. The third-order valence-corrected chi connectivity index (χ3v) is 2.22. The third kappa shape index (κ3) is 2.09. The van der Waals surface area contributed by atoms with Gasteiger partial charge in [-0.25, -0.2) is 0 Å². The average Bonchev–Trinajstić information content (AvgIpc) is 2.27. The summed E-state index contributed by atoms with van der Waals surface area (Å²) in [7, 11) is 0. The Bertz CT molecular complexity index is 153. The first-order valence-electron chi connectivity index (χ1n) is 4.15. The monoisotopic (exact) mass is 154 g/mol. The highest BCUT2D eigenvalue weighted by Crippen LogP contribution is 2.14. The third-order valence-electron chi connectivity index (χ3n) is 2.22. The fourth-order valence-corrected chi connectivity index (χ4v) is 1.50. The second kappa shape index (κ2) is 4.20. The Morgan fingerprint density at radius 1 is 1.45 bits per heavy atom. The molecule has 0 radical (unpaired) electrons. The molecular formula is C8H14N2O. The Balaban J connectivity index is 2.49. The molecule has 3 nitrogen and oxygen atoms in total. The molecule has 0 saturated carbocycles. The number of nitrogens with zero attached hydrogens (tertiary/aromatic N) is 2. The van der Waals surface area contributed by atoms with E-state index in [-0.39, 0.29) is 12.6 Å². The molecule has 0 aliphatic carbocycles. The van der Waals surface area contributed by atoms with Gasteiger partial charge in [0.1, 0.15) is 0 Å². The van der Waals surface area contributed by atoms with Crippen molar-refractivity contribution >= 4 is 0 Å². The second-order valence-corrected chi connectivity index (χ2v) is 2.98. The maximum atomic E-state index is 8.92. The lowest BCUT2D eigenvalue weighted by Crippen LogP contribution is -2.33. The summed E-state index contributed by atoms with van der Waals surface area (Å²) in [5, 5.41) is 17.6. The normalized spacial score (nSPS) is 25.8. The van der Waals surface area contributed by atoms with Crippen molar-refractivity contribution in [3.63, 3.8) is 0 Å². The van der Waals surface area contributed by atoms with E-state index in [0.29, 0.717) is 0 Å². The van der Waals surface area contributed by atoms with Crippen molar-refractivity contribution in [3.05, 3.63) is 0 Å². The van der Waals surface area contributed by atoms with E-state index in [1.54, 1.807) is 4.90 Å². The Morgan fingerprint density at radius 3 is 2.91 bits per heavy atom. The van der Waals surface area contributed by atoms with E-state index in [1.165, 1.54) is 6.42 Å². The molecule has 1 rings (SSSR count). The van der Waals surface area contributed by atoms with Crippen LogP contribution in [0.4, 0.5) is 0 Å². The van der Waals surface area contributed by atoms with Gasteiger partial charge in [0.25, 0.3) is 0 Å². The van der Waals surface area contributed by atoms with Crippen LogP contribution in [0.2, 0.25) is 0 Å². The molecule has 62 valence electrons. The maximum absolute atomic E-state index is 8.92. The van der Waals surface area contributed by atoms with Crippen LogP contribution in [0.3, 0.4) is 0 Å². The van der Waals surface area contributed by atoms with Gasteiger partial charge in [-0.3, -0.25) is 0 Å². The summed E-state index contributed by atoms with van der Waals surface area (Å²) >= 11 is 0. The molecule has 1 aliphatic heterocycles. The number of hydrogen-bond donors (Lipinski definition) is 1. The average molecular weight is 154 g/mol. The minimum absolute atomic E-state index is 0.0856. The maximum Gasteiger partial charge on any atom is 0.179 e. The van der Waals surface area contributed by atoms with E-state index in [2.05, 4.69) is 6.19 Å². The van der Waals surface area contributed by atoms with Crippen molar-refractivity contribution in [3.8, 4) is 6.19 Å². The van der Waals surface area contributed by atoms with Gasteiger partial charge < -0.3 is 10.0 Å². The molecule has 0 amide bonds. The first-order valence-corrected chi connectivity index (χ1v) is 4.15. The summed E-state index contributed by atoms with van der Waals surface area (Å²) in [6.07, 6.45) is 6.50. The number of likely N-dealkylation sites (tertiary alicyclic amines) is 1. The van der Waals surface area contributed by atoms with Crippen molar-refractivity contribution < 1.29 is 5.11 Å². The van der Waals surface area contributed by atoms with Gasteiger partial charge in [-0.15, -0.1) is 0 Å². The lowest BCUT2D eigenvalue weighted by atomic mass is 10.1. The highest BCUT2D eigenvalue weighted by atomic mass is 16.3. The van der Waals surface area contributed by atoms with E-state index >= 15 is 0 Å². The molecule has 0 aromatic carbocycles. The van der Waals surface area contributed by atoms with Gasteiger partial charge >= 0.3 is 0 Å². The molecule has 1 heterocycles. The van der Waals surface area contributed by atoms with Gasteiger partial charge in [0.15, 0.2) is 6.19 Å². The van der Waals surface area contributed by atoms with Gasteiger partial charge in [0.05, 0.1) is 12.6 Å². The molecule has 0 spiro atoms. The summed E-state index contributed by atoms with van der Waals surface area (Å²) in [5.41, 5.74) is 0. The van der Waals surface area contributed by atoms with E-state index in [9.17, 15) is 0 Å². The van der Waals surface area contributed by atoms with Crippen LogP contribution in [0.5, 0.6) is 0 Å². The van der Waals surface area contributed by atoms with Gasteiger partial charge in [-0.05, 0) is 12.8 Å². The standard InChI is InChI=1S/C8H14N2O/c9-7-10-5-3-1-2-4-8(10)6-11/h8,11H,1-6H2. The van der Waals surface area contributed by atoms with E-state index < -0.39 is 0 Å². The van der Waals surface area contributed by atoms with Crippen LogP contribution in [0.15, 0.2) is 0 Å². The van der Waals surface area contributed by atoms with Crippen LogP contribution in [0.25, 0.3) is 0 Å². The molecule has 0 bridgehead atoms. The Morgan fingerprint density at radius 2 is 2.27 bits per heavy atom. The van der Waals surface area contributed by atoms with E-state index in [1.807, 2.05) is 0 Å². The lowest BCUT2D eigenvalue weighted by Gasteiger charge is -2.21. The molecule has 0 aromatic heterocycles. The van der Waals surface area contributed by atoms with Crippen LogP contribution < -0.4 is 0 Å². The highest BCUT2D eigenvalue weighted by molar-refractivity contribution is 4.83. The van der Waals surface area contributed by atoms with Gasteiger partial charge in [-0.1, -0.05) is 12.8 Å². The van der Waals surface area contributed by atoms with Gasteiger partial charge in [-0.2, -0.15) is 5.26 Å². The van der Waals surface area contributed by atoms with Crippen LogP contribution in [-0.2, 0) is 0 Å². The van der Waals surface area contributed by atoms with E-state index in [4.69, 9.17) is 10.4 Å². The molecule has 1 saturated heterocycles. The molecule has 1 unspecified atom stereocenters. The van der Waals surface area contributed by atoms with Crippen molar-refractivity contribution in [1.82, 2.24) is 4.90 Å². The van der Waals surface area contributed by atoms with Crippen LogP contribution >= 0.6 is 0 Å². The Kier molecular flexibility index (Phi) is 3.18. The SMILES string of the molecule is N#CN1CCCCCC1CO. The molecule has 1 atom stereocenters. The van der Waals surface area contributed by atoms with Crippen molar-refractivity contribution in [2.75, 3.05) is 13.2 Å². The zero-order valence-electron chi connectivity index (χ0n) is 6.66. The number of nitriles is 1. The van der Waals surface area contributed by atoms with Crippen LogP contribution in [0.1, 0.15) is 25.7 Å².